The van der Waals surface area contributed by atoms with Gasteiger partial charge in [-0.25, -0.2) is 14.8 Å². The van der Waals surface area contributed by atoms with Gasteiger partial charge in [0, 0.05) is 53.9 Å². The number of hydrogen-bond acceptors (Lipinski definition) is 7. The molecule has 3 fully saturated rings. The molecule has 2 saturated carbocycles. The predicted molar refractivity (Wildman–Crippen MR) is 156 cm³/mol. The summed E-state index contributed by atoms with van der Waals surface area (Å²) in [5, 5.41) is 3.63. The number of alkyl halides is 3. The molecule has 11 heteroatoms. The van der Waals surface area contributed by atoms with Crippen molar-refractivity contribution < 1.29 is 27.5 Å². The number of aryl methyl sites for hydroxylation is 1. The number of ether oxygens (including phenoxy) is 1. The third-order valence-electron chi connectivity index (χ3n) is 8.60. The second-order valence-electron chi connectivity index (χ2n) is 13.0. The van der Waals surface area contributed by atoms with Gasteiger partial charge in [0.1, 0.15) is 11.4 Å². The second-order valence-corrected chi connectivity index (χ2v) is 14.4. The maximum atomic E-state index is 13.7. The van der Waals surface area contributed by atoms with Crippen molar-refractivity contribution >= 4 is 35.3 Å². The smallest absolute Gasteiger partial charge is 0.419 e. The molecule has 0 unspecified atom stereocenters. The SMILES string of the molecule is Cc1cc(SC2CC3(CCN(C(=O)OC(C)(C)C)CC3)C2)ccc1Nc1ncc(C(F)(F)F)c(C2CCC(=O)CC2)n1. The van der Waals surface area contributed by atoms with Gasteiger partial charge >= 0.3 is 12.3 Å². The first kappa shape index (κ1) is 30.6. The number of amides is 1. The molecular formula is C31H39F3N4O3S. The zero-order chi connectivity index (χ0) is 30.3. The first-order chi connectivity index (χ1) is 19.7. The first-order valence-corrected chi connectivity index (χ1v) is 15.6. The van der Waals surface area contributed by atoms with E-state index in [1.54, 1.807) is 0 Å². The Morgan fingerprint density at radius 2 is 1.79 bits per heavy atom. The van der Waals surface area contributed by atoms with Gasteiger partial charge in [-0.05, 0) is 95.4 Å². The fourth-order valence-electron chi connectivity index (χ4n) is 6.25. The molecule has 2 heterocycles. The fraction of sp³-hybridized carbons (Fsp3) is 0.613. The average molecular weight is 605 g/mol. The van der Waals surface area contributed by atoms with Crippen LogP contribution in [-0.4, -0.2) is 50.7 Å². The molecule has 1 N–H and O–H groups in total. The summed E-state index contributed by atoms with van der Waals surface area (Å²) in [7, 11) is 0. The summed E-state index contributed by atoms with van der Waals surface area (Å²) in [4.78, 5) is 35.3. The zero-order valence-corrected chi connectivity index (χ0v) is 25.5. The van der Waals surface area contributed by atoms with E-state index in [-0.39, 0.29) is 36.4 Å². The Morgan fingerprint density at radius 3 is 2.38 bits per heavy atom. The van der Waals surface area contributed by atoms with Gasteiger partial charge in [0.05, 0.1) is 11.3 Å². The van der Waals surface area contributed by atoms with Gasteiger partial charge in [0.2, 0.25) is 5.95 Å². The molecule has 0 radical (unpaired) electrons. The number of nitrogens with one attached hydrogen (secondary N) is 1. The monoisotopic (exact) mass is 604 g/mol. The molecular weight excluding hydrogens is 565 g/mol. The molecule has 0 atom stereocenters. The molecule has 1 aromatic carbocycles. The molecule has 1 saturated heterocycles. The summed E-state index contributed by atoms with van der Waals surface area (Å²) in [6.07, 6.45) is 1.59. The van der Waals surface area contributed by atoms with Crippen LogP contribution in [0, 0.1) is 12.3 Å². The number of aromatic nitrogens is 2. The van der Waals surface area contributed by atoms with Gasteiger partial charge in [-0.1, -0.05) is 0 Å². The summed E-state index contributed by atoms with van der Waals surface area (Å²) in [5.74, 6) is -0.212. The van der Waals surface area contributed by atoms with Gasteiger partial charge in [-0.15, -0.1) is 11.8 Å². The Morgan fingerprint density at radius 1 is 1.12 bits per heavy atom. The van der Waals surface area contributed by atoms with Crippen LogP contribution in [-0.2, 0) is 15.7 Å². The van der Waals surface area contributed by atoms with Crippen molar-refractivity contribution in [2.75, 3.05) is 18.4 Å². The standard InChI is InChI=1S/C31H39F3N4O3S/c1-19-15-22(42-23-16-30(17-23)11-13-38(14-12-30)28(40)41-29(2,3)4)9-10-25(19)36-27-35-18-24(31(32,33)34)26(37-27)20-5-7-21(39)8-6-20/h9-10,15,18,20,23H,5-8,11-14,16-17H2,1-4H3,(H,35,36,37). The minimum absolute atomic E-state index is 0.0341. The van der Waals surface area contributed by atoms with Crippen molar-refractivity contribution in [3.05, 3.63) is 41.2 Å². The third-order valence-corrected chi connectivity index (χ3v) is 9.79. The lowest BCUT2D eigenvalue weighted by atomic mass is 9.63. The summed E-state index contributed by atoms with van der Waals surface area (Å²) in [6, 6.07) is 6.03. The number of Topliss-reactive ketones (excluding diaryl/α,β-unsaturated/α-hetero) is 1. The number of likely N-dealkylation sites (tertiary alicyclic amines) is 1. The first-order valence-electron chi connectivity index (χ1n) is 14.7. The van der Waals surface area contributed by atoms with Crippen LogP contribution in [0.5, 0.6) is 0 Å². The van der Waals surface area contributed by atoms with Crippen LogP contribution < -0.4 is 5.32 Å². The van der Waals surface area contributed by atoms with Crippen LogP contribution in [0.15, 0.2) is 29.3 Å². The molecule has 0 bridgehead atoms. The molecule has 3 aliphatic rings. The van der Waals surface area contributed by atoms with E-state index < -0.39 is 23.3 Å². The fourth-order valence-corrected chi connectivity index (χ4v) is 7.90. The lowest BCUT2D eigenvalue weighted by Gasteiger charge is -2.52. The van der Waals surface area contributed by atoms with Crippen molar-refractivity contribution in [2.24, 2.45) is 5.41 Å². The number of carbonyl (C=O) groups is 2. The highest BCUT2D eigenvalue weighted by Crippen LogP contribution is 2.55. The van der Waals surface area contributed by atoms with E-state index in [9.17, 15) is 22.8 Å². The Hall–Kier alpha value is -2.82. The Balaban J connectivity index is 1.18. The highest BCUT2D eigenvalue weighted by molar-refractivity contribution is 8.00. The van der Waals surface area contributed by atoms with Crippen molar-refractivity contribution in [1.29, 1.82) is 0 Å². The molecule has 1 aromatic heterocycles. The van der Waals surface area contributed by atoms with Crippen LogP contribution in [0.1, 0.15) is 94.9 Å². The maximum Gasteiger partial charge on any atom is 0.419 e. The highest BCUT2D eigenvalue weighted by atomic mass is 32.2. The van der Waals surface area contributed by atoms with Gasteiger partial charge < -0.3 is 15.0 Å². The Bertz CT molecular complexity index is 1320. The van der Waals surface area contributed by atoms with Gasteiger partial charge in [0.15, 0.2) is 0 Å². The van der Waals surface area contributed by atoms with E-state index in [0.717, 1.165) is 61.1 Å². The summed E-state index contributed by atoms with van der Waals surface area (Å²) in [6.45, 7) is 9.08. The summed E-state index contributed by atoms with van der Waals surface area (Å²) >= 11 is 1.85. The van der Waals surface area contributed by atoms with Crippen molar-refractivity contribution in [1.82, 2.24) is 14.9 Å². The number of ketones is 1. The number of carbonyl (C=O) groups excluding carboxylic acids is 2. The average Bonchev–Trinajstić information content (AvgIpc) is 2.88. The van der Waals surface area contributed by atoms with Crippen LogP contribution >= 0.6 is 11.8 Å². The largest absolute Gasteiger partial charge is 0.444 e. The highest BCUT2D eigenvalue weighted by Gasteiger charge is 2.47. The minimum atomic E-state index is -4.56. The number of hydrogen-bond donors (Lipinski definition) is 1. The molecule has 1 aliphatic heterocycles. The molecule has 42 heavy (non-hydrogen) atoms. The summed E-state index contributed by atoms with van der Waals surface area (Å²) < 4.78 is 46.7. The molecule has 228 valence electrons. The third kappa shape index (κ3) is 7.21. The summed E-state index contributed by atoms with van der Waals surface area (Å²) in [5.41, 5.74) is 0.642. The lowest BCUT2D eigenvalue weighted by molar-refractivity contribution is -0.139. The quantitative estimate of drug-likeness (QED) is 0.370. The van der Waals surface area contributed by atoms with E-state index in [2.05, 4.69) is 21.4 Å². The van der Waals surface area contributed by atoms with E-state index in [1.807, 2.05) is 56.5 Å². The number of piperidine rings is 1. The predicted octanol–water partition coefficient (Wildman–Crippen LogP) is 8.05. The van der Waals surface area contributed by atoms with E-state index in [1.165, 1.54) is 0 Å². The Kier molecular flexibility index (Phi) is 8.53. The van der Waals surface area contributed by atoms with Gasteiger partial charge in [-0.3, -0.25) is 4.79 Å². The van der Waals surface area contributed by atoms with E-state index in [0.29, 0.717) is 23.5 Å². The van der Waals surface area contributed by atoms with Crippen LogP contribution in [0.2, 0.25) is 0 Å². The number of nitrogens with zero attached hydrogens (tertiary/aromatic N) is 3. The molecule has 2 aromatic rings. The molecule has 2 aliphatic carbocycles. The number of thioether (sulfide) groups is 1. The van der Waals surface area contributed by atoms with Gasteiger partial charge in [-0.2, -0.15) is 13.2 Å². The minimum Gasteiger partial charge on any atom is -0.444 e. The molecule has 1 amide bonds. The van der Waals surface area contributed by atoms with E-state index >= 15 is 0 Å². The maximum absolute atomic E-state index is 13.7. The van der Waals surface area contributed by atoms with Crippen LogP contribution in [0.25, 0.3) is 0 Å². The van der Waals surface area contributed by atoms with Gasteiger partial charge in [0.25, 0.3) is 0 Å². The van der Waals surface area contributed by atoms with Crippen molar-refractivity contribution in [3.63, 3.8) is 0 Å². The molecule has 7 nitrogen and oxygen atoms in total. The van der Waals surface area contributed by atoms with E-state index in [4.69, 9.17) is 4.74 Å². The molecule has 1 spiro atoms. The topological polar surface area (TPSA) is 84.4 Å². The van der Waals surface area contributed by atoms with Crippen LogP contribution in [0.4, 0.5) is 29.6 Å². The zero-order valence-electron chi connectivity index (χ0n) is 24.6. The normalized spacial score (nSPS) is 20.0. The Labute approximate surface area is 249 Å². The van der Waals surface area contributed by atoms with Crippen molar-refractivity contribution in [3.8, 4) is 0 Å². The number of anilines is 2. The lowest BCUT2D eigenvalue weighted by Crippen LogP contribution is -2.50. The number of halogens is 3. The van der Waals surface area contributed by atoms with Crippen LogP contribution in [0.3, 0.4) is 0 Å². The number of rotatable bonds is 5. The van der Waals surface area contributed by atoms with Crippen molar-refractivity contribution in [2.45, 2.75) is 107 Å². The molecule has 5 rings (SSSR count). The second kappa shape index (κ2) is 11.7. The number of benzene rings is 1.